The zero-order valence-electron chi connectivity index (χ0n) is 33.4. The molecule has 6 saturated heterocycles. The van der Waals surface area contributed by atoms with Gasteiger partial charge in [-0.2, -0.15) is 0 Å². The molecule has 300 valence electrons. The number of hydrogen-bond acceptors (Lipinski definition) is 11. The van der Waals surface area contributed by atoms with Gasteiger partial charge in [0.2, 0.25) is 0 Å². The highest BCUT2D eigenvalue weighted by Gasteiger charge is 2.62. The van der Waals surface area contributed by atoms with Crippen LogP contribution in [0.15, 0.2) is 0 Å². The van der Waals surface area contributed by atoms with E-state index in [9.17, 15) is 25.2 Å². The summed E-state index contributed by atoms with van der Waals surface area (Å²) in [6, 6.07) is 0. The van der Waals surface area contributed by atoms with Crippen LogP contribution >= 0.6 is 0 Å². The number of aliphatic hydroxyl groups excluding tert-OH is 1. The van der Waals surface area contributed by atoms with Crippen molar-refractivity contribution >= 4 is 5.97 Å². The van der Waals surface area contributed by atoms with Crippen molar-refractivity contribution in [3.63, 3.8) is 0 Å². The van der Waals surface area contributed by atoms with Crippen LogP contribution in [0.3, 0.4) is 0 Å². The molecule has 6 fully saturated rings. The van der Waals surface area contributed by atoms with E-state index in [4.69, 9.17) is 33.2 Å². The molecule has 1 spiro atoms. The van der Waals surface area contributed by atoms with E-state index in [1.165, 1.54) is 6.92 Å². The van der Waals surface area contributed by atoms with Crippen LogP contribution in [0, 0.1) is 41.4 Å². The lowest BCUT2D eigenvalue weighted by Crippen LogP contribution is -2.63. The molecule has 20 atom stereocenters. The molecule has 6 aliphatic heterocycles. The molecule has 0 saturated carbocycles. The molecule has 12 heteroatoms. The van der Waals surface area contributed by atoms with Crippen LogP contribution in [0.4, 0.5) is 0 Å². The van der Waals surface area contributed by atoms with E-state index in [1.54, 1.807) is 21.0 Å². The molecule has 0 amide bonds. The smallest absolute Gasteiger partial charge is 0.311 e. The standard InChI is InChI=1S/C40H68O12/c1-20-16-22(3)38(10,44)51-32(20)30-17-21(2)34(47-30)37(9)13-12-31(50-37)36(8)14-15-39(52-36)19-27(41)23(4)28(48-39)18-29-24(5)33(46-11)25(6)40(45,49-29)26(7)35(42)43/h20-34,41,44-45H,12-19H2,1-11H3,(H,42,43)/t20-,21-,22+,23+,24-,25+,26-,27-,28-,29+,30+,31+,32-,33-,34+,36-,37-,38-,39+,40+/m0/s1. The Morgan fingerprint density at radius 3 is 2.19 bits per heavy atom. The van der Waals surface area contributed by atoms with Crippen molar-refractivity contribution in [2.75, 3.05) is 7.11 Å². The highest BCUT2D eigenvalue weighted by atomic mass is 16.7. The summed E-state index contributed by atoms with van der Waals surface area (Å²) in [5, 5.41) is 43.8. The Labute approximate surface area is 310 Å². The molecule has 6 aliphatic rings. The van der Waals surface area contributed by atoms with Gasteiger partial charge in [0.25, 0.3) is 0 Å². The van der Waals surface area contributed by atoms with E-state index >= 15 is 0 Å². The maximum absolute atomic E-state index is 12.0. The van der Waals surface area contributed by atoms with E-state index in [0.29, 0.717) is 25.7 Å². The summed E-state index contributed by atoms with van der Waals surface area (Å²) in [7, 11) is 1.57. The highest BCUT2D eigenvalue weighted by molar-refractivity contribution is 5.70. The van der Waals surface area contributed by atoms with E-state index in [2.05, 4.69) is 27.7 Å². The first-order valence-corrected chi connectivity index (χ1v) is 20.0. The Morgan fingerprint density at radius 2 is 1.54 bits per heavy atom. The number of hydrogen-bond donors (Lipinski definition) is 4. The van der Waals surface area contributed by atoms with E-state index in [0.717, 1.165) is 25.7 Å². The fourth-order valence-corrected chi connectivity index (χ4v) is 11.0. The molecular weight excluding hydrogens is 672 g/mol. The zero-order valence-corrected chi connectivity index (χ0v) is 33.4. The third-order valence-corrected chi connectivity index (χ3v) is 14.8. The van der Waals surface area contributed by atoms with Crippen molar-refractivity contribution in [1.29, 1.82) is 0 Å². The van der Waals surface area contributed by atoms with Crippen LogP contribution in [-0.4, -0.2) is 111 Å². The molecule has 6 heterocycles. The number of rotatable bonds is 8. The number of ether oxygens (including phenoxy) is 7. The summed E-state index contributed by atoms with van der Waals surface area (Å²) < 4.78 is 46.0. The molecular formula is C40H68O12. The summed E-state index contributed by atoms with van der Waals surface area (Å²) in [4.78, 5) is 12.0. The minimum Gasteiger partial charge on any atom is -0.481 e. The van der Waals surface area contributed by atoms with Crippen molar-refractivity contribution in [2.24, 2.45) is 41.4 Å². The lowest BCUT2D eigenvalue weighted by Gasteiger charge is -2.52. The molecule has 6 rings (SSSR count). The molecule has 4 N–H and O–H groups in total. The number of carboxylic acid groups (broad SMARTS) is 1. The summed E-state index contributed by atoms with van der Waals surface area (Å²) in [6.45, 7) is 19.6. The third-order valence-electron chi connectivity index (χ3n) is 14.8. The van der Waals surface area contributed by atoms with Gasteiger partial charge in [-0.3, -0.25) is 4.79 Å². The Bertz CT molecular complexity index is 1300. The van der Waals surface area contributed by atoms with Crippen molar-refractivity contribution in [3.05, 3.63) is 0 Å². The van der Waals surface area contributed by atoms with Gasteiger partial charge < -0.3 is 53.6 Å². The monoisotopic (exact) mass is 740 g/mol. The van der Waals surface area contributed by atoms with Gasteiger partial charge in [-0.05, 0) is 71.6 Å². The van der Waals surface area contributed by atoms with Crippen LogP contribution in [0.1, 0.15) is 121 Å². The summed E-state index contributed by atoms with van der Waals surface area (Å²) in [5.41, 5.74) is -1.17. The van der Waals surface area contributed by atoms with Gasteiger partial charge >= 0.3 is 5.97 Å². The molecule has 0 unspecified atom stereocenters. The summed E-state index contributed by atoms with van der Waals surface area (Å²) >= 11 is 0. The lowest BCUT2D eigenvalue weighted by molar-refractivity contribution is -0.354. The maximum atomic E-state index is 12.0. The first-order chi connectivity index (χ1) is 24.1. The number of carbonyl (C=O) groups is 1. The first kappa shape index (κ1) is 40.7. The average molecular weight is 741 g/mol. The number of aliphatic hydroxyl groups is 3. The van der Waals surface area contributed by atoms with Crippen molar-refractivity contribution in [2.45, 2.75) is 198 Å². The fraction of sp³-hybridized carbons (Fsp3) is 0.975. The summed E-state index contributed by atoms with van der Waals surface area (Å²) in [5.74, 6) is -6.89. The molecule has 12 nitrogen and oxygen atoms in total. The second-order valence-corrected chi connectivity index (χ2v) is 18.7. The molecule has 0 radical (unpaired) electrons. The van der Waals surface area contributed by atoms with Gasteiger partial charge in [0, 0.05) is 50.0 Å². The largest absolute Gasteiger partial charge is 0.481 e. The minimum absolute atomic E-state index is 0.0524. The van der Waals surface area contributed by atoms with Crippen LogP contribution < -0.4 is 0 Å². The van der Waals surface area contributed by atoms with Crippen LogP contribution in [0.5, 0.6) is 0 Å². The molecule has 0 aliphatic carbocycles. The molecule has 52 heavy (non-hydrogen) atoms. The molecule has 0 bridgehead atoms. The predicted molar refractivity (Wildman–Crippen MR) is 190 cm³/mol. The second-order valence-electron chi connectivity index (χ2n) is 18.7. The van der Waals surface area contributed by atoms with Crippen LogP contribution in [0.25, 0.3) is 0 Å². The number of carboxylic acids is 1. The van der Waals surface area contributed by atoms with E-state index < -0.39 is 70.8 Å². The van der Waals surface area contributed by atoms with Crippen LogP contribution in [0.2, 0.25) is 0 Å². The average Bonchev–Trinajstić information content (AvgIpc) is 3.76. The maximum Gasteiger partial charge on any atom is 0.311 e. The van der Waals surface area contributed by atoms with Crippen molar-refractivity contribution in [3.8, 4) is 0 Å². The van der Waals surface area contributed by atoms with E-state index in [1.807, 2.05) is 20.8 Å². The van der Waals surface area contributed by atoms with Gasteiger partial charge in [0.05, 0.1) is 60.0 Å². The predicted octanol–water partition coefficient (Wildman–Crippen LogP) is 5.02. The minimum atomic E-state index is -1.94. The van der Waals surface area contributed by atoms with Gasteiger partial charge in [-0.1, -0.05) is 41.5 Å². The van der Waals surface area contributed by atoms with Crippen LogP contribution in [-0.2, 0) is 38.0 Å². The quantitative estimate of drug-likeness (QED) is 0.263. The molecule has 0 aromatic rings. The Balaban J connectivity index is 1.13. The van der Waals surface area contributed by atoms with E-state index in [-0.39, 0.29) is 54.0 Å². The third kappa shape index (κ3) is 7.02. The zero-order chi connectivity index (χ0) is 38.3. The van der Waals surface area contributed by atoms with Gasteiger partial charge in [-0.15, -0.1) is 0 Å². The summed E-state index contributed by atoms with van der Waals surface area (Å²) in [6.07, 6.45) is 2.48. The molecule has 0 aromatic carbocycles. The normalized spacial score (nSPS) is 56.3. The fourth-order valence-electron chi connectivity index (χ4n) is 11.0. The second kappa shape index (κ2) is 14.2. The number of methoxy groups -OCH3 is 1. The SMILES string of the molecule is CO[C@H]1[C@@H](C)[C@@H](C[C@@H]2O[C@@]3(CC[C@@](C)([C@H]4CC[C@@](C)([C@@H]5O[C@@H]([C@H]6O[C@](C)(O)[C@H](C)C[C@@H]6C)C[C@@H]5C)O4)O3)C[C@H](O)[C@H]2C)O[C@@](O)([C@@H](C)C(=O)O)[C@@H]1C. The Hall–Kier alpha value is -0.930. The van der Waals surface area contributed by atoms with Gasteiger partial charge in [0.1, 0.15) is 5.92 Å². The lowest BCUT2D eigenvalue weighted by atomic mass is 9.74. The van der Waals surface area contributed by atoms with Crippen molar-refractivity contribution in [1.82, 2.24) is 0 Å². The Kier molecular flexibility index (Phi) is 11.1. The molecule has 0 aromatic heterocycles. The Morgan fingerprint density at radius 1 is 0.865 bits per heavy atom. The van der Waals surface area contributed by atoms with Gasteiger partial charge in [0.15, 0.2) is 17.4 Å². The first-order valence-electron chi connectivity index (χ1n) is 20.0. The number of aliphatic carboxylic acids is 1. The topological polar surface area (TPSA) is 163 Å². The van der Waals surface area contributed by atoms with Crippen molar-refractivity contribution < 1.29 is 58.4 Å². The highest BCUT2D eigenvalue weighted by Crippen LogP contribution is 2.54. The van der Waals surface area contributed by atoms with Gasteiger partial charge in [-0.25, -0.2) is 0 Å².